The van der Waals surface area contributed by atoms with Crippen molar-refractivity contribution in [1.29, 1.82) is 0 Å². The van der Waals surface area contributed by atoms with Crippen molar-refractivity contribution in [2.45, 2.75) is 12.3 Å². The Labute approximate surface area is 95.7 Å². The van der Waals surface area contributed by atoms with Gasteiger partial charge in [-0.25, -0.2) is 0 Å². The second-order valence-corrected chi connectivity index (χ2v) is 4.02. The van der Waals surface area contributed by atoms with Crippen LogP contribution < -0.4 is 4.74 Å². The summed E-state index contributed by atoms with van der Waals surface area (Å²) in [5.74, 6) is 1.42. The van der Waals surface area contributed by atoms with Gasteiger partial charge < -0.3 is 4.74 Å². The number of rotatable bonds is 1. The van der Waals surface area contributed by atoms with Crippen molar-refractivity contribution in [2.75, 3.05) is 0 Å². The van der Waals surface area contributed by atoms with Crippen molar-refractivity contribution in [3.63, 3.8) is 0 Å². The van der Waals surface area contributed by atoms with Crippen LogP contribution in [0, 0.1) is 6.61 Å². The lowest BCUT2D eigenvalue weighted by Gasteiger charge is -2.25. The Hall–Kier alpha value is -1.76. The van der Waals surface area contributed by atoms with Crippen molar-refractivity contribution in [3.05, 3.63) is 72.3 Å². The summed E-state index contributed by atoms with van der Waals surface area (Å²) in [5, 5.41) is 0. The molecule has 1 unspecified atom stereocenters. The molecular weight excluding hydrogens is 196 g/mol. The summed E-state index contributed by atoms with van der Waals surface area (Å²) in [7, 11) is 0. The summed E-state index contributed by atoms with van der Waals surface area (Å²) in [4.78, 5) is 0. The molecule has 2 aromatic carbocycles. The molecule has 0 fully saturated rings. The molecule has 1 heterocycles. The molecule has 0 spiro atoms. The van der Waals surface area contributed by atoms with Gasteiger partial charge in [-0.1, -0.05) is 48.5 Å². The third kappa shape index (κ3) is 1.58. The van der Waals surface area contributed by atoms with E-state index in [4.69, 9.17) is 4.74 Å². The molecule has 1 atom stereocenters. The van der Waals surface area contributed by atoms with E-state index in [1.54, 1.807) is 0 Å². The molecule has 2 aromatic rings. The fourth-order valence-electron chi connectivity index (χ4n) is 2.24. The van der Waals surface area contributed by atoms with E-state index in [0.29, 0.717) is 5.92 Å². The average Bonchev–Trinajstić information content (AvgIpc) is 2.39. The first-order valence-corrected chi connectivity index (χ1v) is 5.57. The highest BCUT2D eigenvalue weighted by Crippen LogP contribution is 2.38. The van der Waals surface area contributed by atoms with Crippen LogP contribution in [0.15, 0.2) is 54.6 Å². The maximum Gasteiger partial charge on any atom is 0.136 e. The van der Waals surface area contributed by atoms with Crippen molar-refractivity contribution >= 4 is 0 Å². The SMILES string of the molecule is [CH]1CC(c2ccccc2)c2ccccc2O1. The Morgan fingerprint density at radius 2 is 1.62 bits per heavy atom. The van der Waals surface area contributed by atoms with Crippen LogP contribution >= 0.6 is 0 Å². The second-order valence-electron chi connectivity index (χ2n) is 4.02. The molecule has 0 amide bonds. The molecule has 0 aromatic heterocycles. The number of hydrogen-bond donors (Lipinski definition) is 0. The zero-order chi connectivity index (χ0) is 10.8. The van der Waals surface area contributed by atoms with E-state index in [1.807, 2.05) is 18.7 Å². The van der Waals surface area contributed by atoms with E-state index in [0.717, 1.165) is 12.2 Å². The van der Waals surface area contributed by atoms with E-state index in [-0.39, 0.29) is 0 Å². The molecule has 1 aliphatic rings. The standard InChI is InChI=1S/C15H13O/c1-2-6-12(7-3-1)13-10-11-16-15-9-5-4-8-14(13)15/h1-9,11,13H,10H2. The molecule has 16 heavy (non-hydrogen) atoms. The van der Waals surface area contributed by atoms with Gasteiger partial charge in [0.2, 0.25) is 0 Å². The first-order valence-electron chi connectivity index (χ1n) is 5.57. The van der Waals surface area contributed by atoms with Crippen molar-refractivity contribution in [3.8, 4) is 5.75 Å². The molecule has 0 bridgehead atoms. The number of hydrogen-bond acceptors (Lipinski definition) is 1. The van der Waals surface area contributed by atoms with E-state index in [9.17, 15) is 0 Å². The van der Waals surface area contributed by atoms with Crippen LogP contribution in [0.3, 0.4) is 0 Å². The van der Waals surface area contributed by atoms with Crippen LogP contribution in [0.4, 0.5) is 0 Å². The van der Waals surface area contributed by atoms with Crippen molar-refractivity contribution < 1.29 is 4.74 Å². The van der Waals surface area contributed by atoms with Gasteiger partial charge in [-0.3, -0.25) is 0 Å². The minimum Gasteiger partial charge on any atom is -0.486 e. The predicted octanol–water partition coefficient (Wildman–Crippen LogP) is 3.76. The van der Waals surface area contributed by atoms with E-state index in [2.05, 4.69) is 42.5 Å². The van der Waals surface area contributed by atoms with Gasteiger partial charge >= 0.3 is 0 Å². The minimum atomic E-state index is 0.436. The van der Waals surface area contributed by atoms with Gasteiger partial charge in [0.1, 0.15) is 12.4 Å². The van der Waals surface area contributed by atoms with Crippen LogP contribution in [0.5, 0.6) is 5.75 Å². The summed E-state index contributed by atoms with van der Waals surface area (Å²) < 4.78 is 5.55. The van der Waals surface area contributed by atoms with Crippen LogP contribution in [-0.2, 0) is 0 Å². The maximum atomic E-state index is 5.55. The zero-order valence-corrected chi connectivity index (χ0v) is 8.97. The number of benzene rings is 2. The topological polar surface area (TPSA) is 9.23 Å². The largest absolute Gasteiger partial charge is 0.486 e. The predicted molar refractivity (Wildman–Crippen MR) is 64.3 cm³/mol. The number of fused-ring (bicyclic) bond motifs is 1. The first kappa shape index (κ1) is 9.46. The third-order valence-corrected chi connectivity index (χ3v) is 3.04. The van der Waals surface area contributed by atoms with Gasteiger partial charge in [-0.2, -0.15) is 0 Å². The van der Waals surface area contributed by atoms with E-state index >= 15 is 0 Å². The van der Waals surface area contributed by atoms with Crippen molar-refractivity contribution in [1.82, 2.24) is 0 Å². The average molecular weight is 209 g/mol. The molecular formula is C15H13O. The molecule has 0 N–H and O–H groups in total. The van der Waals surface area contributed by atoms with Gasteiger partial charge in [0.25, 0.3) is 0 Å². The third-order valence-electron chi connectivity index (χ3n) is 3.04. The number of para-hydroxylation sites is 1. The highest BCUT2D eigenvalue weighted by Gasteiger charge is 2.22. The fourth-order valence-corrected chi connectivity index (χ4v) is 2.24. The van der Waals surface area contributed by atoms with Gasteiger partial charge in [0.05, 0.1) is 0 Å². The first-order chi connectivity index (χ1) is 7.95. The highest BCUT2D eigenvalue weighted by atomic mass is 16.5. The summed E-state index contributed by atoms with van der Waals surface area (Å²) >= 11 is 0. The van der Waals surface area contributed by atoms with Crippen LogP contribution in [-0.4, -0.2) is 0 Å². The zero-order valence-electron chi connectivity index (χ0n) is 8.97. The van der Waals surface area contributed by atoms with Gasteiger partial charge in [-0.05, 0) is 18.1 Å². The van der Waals surface area contributed by atoms with Gasteiger partial charge in [-0.15, -0.1) is 0 Å². The van der Waals surface area contributed by atoms with Crippen LogP contribution in [0.2, 0.25) is 0 Å². The molecule has 79 valence electrons. The molecule has 3 rings (SSSR count). The van der Waals surface area contributed by atoms with E-state index in [1.165, 1.54) is 11.1 Å². The van der Waals surface area contributed by atoms with Crippen LogP contribution in [0.25, 0.3) is 0 Å². The van der Waals surface area contributed by atoms with Gasteiger partial charge in [0.15, 0.2) is 0 Å². The lowest BCUT2D eigenvalue weighted by Crippen LogP contribution is -2.11. The molecule has 0 aliphatic carbocycles. The lowest BCUT2D eigenvalue weighted by molar-refractivity contribution is 0.353. The second kappa shape index (κ2) is 4.01. The molecule has 1 nitrogen and oxygen atoms in total. The molecule has 0 saturated heterocycles. The Morgan fingerprint density at radius 1 is 0.875 bits per heavy atom. The van der Waals surface area contributed by atoms with Crippen molar-refractivity contribution in [2.24, 2.45) is 0 Å². The maximum absolute atomic E-state index is 5.55. The summed E-state index contributed by atoms with van der Waals surface area (Å²) in [6.07, 6.45) is 0.945. The molecule has 1 aliphatic heterocycles. The lowest BCUT2D eigenvalue weighted by atomic mass is 9.87. The smallest absolute Gasteiger partial charge is 0.136 e. The van der Waals surface area contributed by atoms with Crippen LogP contribution in [0.1, 0.15) is 23.5 Å². The molecule has 0 saturated carbocycles. The quantitative estimate of drug-likeness (QED) is 0.694. The number of ether oxygens (including phenoxy) is 1. The normalized spacial score (nSPS) is 18.6. The Kier molecular flexibility index (Phi) is 2.37. The minimum absolute atomic E-state index is 0.436. The summed E-state index contributed by atoms with van der Waals surface area (Å²) in [6, 6.07) is 18.9. The summed E-state index contributed by atoms with van der Waals surface area (Å²) in [5.41, 5.74) is 2.64. The Balaban J connectivity index is 2.05. The monoisotopic (exact) mass is 209 g/mol. The highest BCUT2D eigenvalue weighted by molar-refractivity contribution is 5.44. The Morgan fingerprint density at radius 3 is 2.50 bits per heavy atom. The Bertz CT molecular complexity index is 476. The summed E-state index contributed by atoms with van der Waals surface area (Å²) in [6.45, 7) is 1.90. The van der Waals surface area contributed by atoms with E-state index < -0.39 is 0 Å². The fraction of sp³-hybridized carbons (Fsp3) is 0.133. The molecule has 1 heteroatoms. The molecule has 1 radical (unpaired) electrons. The van der Waals surface area contributed by atoms with Gasteiger partial charge in [0, 0.05) is 11.5 Å².